The van der Waals surface area contributed by atoms with Crippen molar-refractivity contribution in [2.75, 3.05) is 12.4 Å². The van der Waals surface area contributed by atoms with Crippen molar-refractivity contribution in [2.45, 2.75) is 24.3 Å². The minimum atomic E-state index is -3.69. The first-order valence-electron chi connectivity index (χ1n) is 8.71. The van der Waals surface area contributed by atoms with Crippen LogP contribution in [0.25, 0.3) is 0 Å². The van der Waals surface area contributed by atoms with Gasteiger partial charge in [0.1, 0.15) is 0 Å². The molecule has 0 heterocycles. The summed E-state index contributed by atoms with van der Waals surface area (Å²) in [5.74, 6) is -0.382. The van der Waals surface area contributed by atoms with Crippen molar-refractivity contribution in [1.82, 2.24) is 10.0 Å². The fourth-order valence-electron chi connectivity index (χ4n) is 2.59. The fourth-order valence-corrected chi connectivity index (χ4v) is 3.55. The van der Waals surface area contributed by atoms with E-state index in [9.17, 15) is 18.0 Å². The summed E-state index contributed by atoms with van der Waals surface area (Å²) in [6.07, 6.45) is 1.84. The maximum Gasteiger partial charge on any atom is 0.253 e. The van der Waals surface area contributed by atoms with Crippen LogP contribution < -0.4 is 15.4 Å². The van der Waals surface area contributed by atoms with Gasteiger partial charge in [-0.1, -0.05) is 23.7 Å². The fraction of sp³-hybridized carbons (Fsp3) is 0.263. The van der Waals surface area contributed by atoms with E-state index in [1.54, 1.807) is 18.2 Å². The van der Waals surface area contributed by atoms with Crippen molar-refractivity contribution >= 4 is 39.1 Å². The minimum Gasteiger partial charge on any atom is -0.348 e. The van der Waals surface area contributed by atoms with E-state index in [0.717, 1.165) is 18.4 Å². The van der Waals surface area contributed by atoms with E-state index < -0.39 is 15.9 Å². The van der Waals surface area contributed by atoms with Crippen molar-refractivity contribution in [3.63, 3.8) is 0 Å². The lowest BCUT2D eigenvalue weighted by Gasteiger charge is -2.10. The first kappa shape index (κ1) is 20.3. The summed E-state index contributed by atoms with van der Waals surface area (Å²) in [4.78, 5) is 24.3. The van der Waals surface area contributed by atoms with Gasteiger partial charge in [0.2, 0.25) is 15.9 Å². The molecule has 0 saturated heterocycles. The Balaban J connectivity index is 1.69. The van der Waals surface area contributed by atoms with Gasteiger partial charge in [0.25, 0.3) is 5.91 Å². The molecule has 1 aliphatic carbocycles. The van der Waals surface area contributed by atoms with Gasteiger partial charge >= 0.3 is 0 Å². The normalized spacial score (nSPS) is 13.8. The SMILES string of the molecule is CNS(=O)(=O)c1ccc(Cl)c(C(=O)NCc2cccc(NC(=O)C3CC3)c2)c1. The molecular formula is C19H20ClN3O4S. The Kier molecular flexibility index (Phi) is 6.02. The molecule has 148 valence electrons. The second-order valence-corrected chi connectivity index (χ2v) is 8.79. The summed E-state index contributed by atoms with van der Waals surface area (Å²) >= 11 is 6.06. The maximum atomic E-state index is 12.5. The first-order chi connectivity index (χ1) is 13.3. The number of nitrogens with one attached hydrogen (secondary N) is 3. The smallest absolute Gasteiger partial charge is 0.253 e. The van der Waals surface area contributed by atoms with Crippen LogP contribution in [0, 0.1) is 5.92 Å². The lowest BCUT2D eigenvalue weighted by Crippen LogP contribution is -2.24. The third-order valence-electron chi connectivity index (χ3n) is 4.36. The third kappa shape index (κ3) is 4.89. The van der Waals surface area contributed by atoms with Crippen molar-refractivity contribution in [3.05, 3.63) is 58.6 Å². The highest BCUT2D eigenvalue weighted by Gasteiger charge is 2.29. The van der Waals surface area contributed by atoms with Crippen LogP contribution in [-0.2, 0) is 21.4 Å². The van der Waals surface area contributed by atoms with E-state index in [0.29, 0.717) is 5.69 Å². The van der Waals surface area contributed by atoms with Crippen molar-refractivity contribution in [1.29, 1.82) is 0 Å². The largest absolute Gasteiger partial charge is 0.348 e. The third-order valence-corrected chi connectivity index (χ3v) is 6.10. The van der Waals surface area contributed by atoms with Gasteiger partial charge in [0.15, 0.2) is 0 Å². The number of hydrogen-bond acceptors (Lipinski definition) is 4. The average molecular weight is 422 g/mol. The number of carbonyl (C=O) groups is 2. The van der Waals surface area contributed by atoms with Gasteiger partial charge in [0.05, 0.1) is 15.5 Å². The molecule has 3 rings (SSSR count). The lowest BCUT2D eigenvalue weighted by atomic mass is 10.1. The Morgan fingerprint density at radius 2 is 1.89 bits per heavy atom. The number of rotatable bonds is 7. The zero-order chi connectivity index (χ0) is 20.3. The highest BCUT2D eigenvalue weighted by molar-refractivity contribution is 7.89. The van der Waals surface area contributed by atoms with Gasteiger partial charge in [-0.3, -0.25) is 9.59 Å². The molecule has 0 unspecified atom stereocenters. The van der Waals surface area contributed by atoms with E-state index in [1.165, 1.54) is 25.2 Å². The Morgan fingerprint density at radius 3 is 2.57 bits per heavy atom. The van der Waals surface area contributed by atoms with E-state index in [2.05, 4.69) is 15.4 Å². The summed E-state index contributed by atoms with van der Waals surface area (Å²) in [5.41, 5.74) is 1.53. The Labute approximate surface area is 168 Å². The molecule has 2 amide bonds. The van der Waals surface area contributed by atoms with Crippen LogP contribution in [0.1, 0.15) is 28.8 Å². The predicted octanol–water partition coefficient (Wildman–Crippen LogP) is 2.53. The summed E-state index contributed by atoms with van der Waals surface area (Å²) in [6.45, 7) is 0.200. The summed E-state index contributed by atoms with van der Waals surface area (Å²) in [6, 6.07) is 11.1. The number of sulfonamides is 1. The summed E-state index contributed by atoms with van der Waals surface area (Å²) in [7, 11) is -2.40. The highest BCUT2D eigenvalue weighted by atomic mass is 35.5. The van der Waals surface area contributed by atoms with Crippen LogP contribution in [0.15, 0.2) is 47.4 Å². The van der Waals surface area contributed by atoms with Crippen LogP contribution in [0.4, 0.5) is 5.69 Å². The van der Waals surface area contributed by atoms with Gasteiger partial charge in [0, 0.05) is 18.2 Å². The van der Waals surface area contributed by atoms with Gasteiger partial charge in [-0.15, -0.1) is 0 Å². The summed E-state index contributed by atoms with van der Waals surface area (Å²) in [5, 5.41) is 5.72. The molecule has 0 bridgehead atoms. The molecule has 28 heavy (non-hydrogen) atoms. The van der Waals surface area contributed by atoms with Crippen LogP contribution in [0.2, 0.25) is 5.02 Å². The molecule has 1 aliphatic rings. The Morgan fingerprint density at radius 1 is 1.14 bits per heavy atom. The van der Waals surface area contributed by atoms with E-state index in [1.807, 2.05) is 6.07 Å². The molecule has 3 N–H and O–H groups in total. The van der Waals surface area contributed by atoms with E-state index in [4.69, 9.17) is 11.6 Å². The topological polar surface area (TPSA) is 104 Å². The Bertz CT molecular complexity index is 1020. The van der Waals surface area contributed by atoms with Crippen molar-refractivity contribution in [3.8, 4) is 0 Å². The Hall–Kier alpha value is -2.42. The van der Waals surface area contributed by atoms with Crippen LogP contribution >= 0.6 is 11.6 Å². The maximum absolute atomic E-state index is 12.5. The predicted molar refractivity (Wildman–Crippen MR) is 107 cm³/mol. The number of carbonyl (C=O) groups excluding carboxylic acids is 2. The second-order valence-electron chi connectivity index (χ2n) is 6.50. The molecule has 1 fully saturated rings. The van der Waals surface area contributed by atoms with Gasteiger partial charge in [-0.05, 0) is 55.8 Å². The molecule has 1 saturated carbocycles. The molecule has 2 aromatic rings. The molecule has 7 nitrogen and oxygen atoms in total. The molecule has 2 aromatic carbocycles. The van der Waals surface area contributed by atoms with Gasteiger partial charge in [-0.25, -0.2) is 13.1 Å². The van der Waals surface area contributed by atoms with Crippen molar-refractivity contribution in [2.24, 2.45) is 5.92 Å². The zero-order valence-electron chi connectivity index (χ0n) is 15.2. The van der Waals surface area contributed by atoms with Crippen LogP contribution in [-0.4, -0.2) is 27.3 Å². The van der Waals surface area contributed by atoms with E-state index >= 15 is 0 Å². The molecule has 0 aromatic heterocycles. The minimum absolute atomic E-state index is 0.00975. The van der Waals surface area contributed by atoms with Crippen LogP contribution in [0.5, 0.6) is 0 Å². The number of anilines is 1. The molecule has 0 atom stereocenters. The summed E-state index contributed by atoms with van der Waals surface area (Å²) < 4.78 is 26.0. The van der Waals surface area contributed by atoms with Gasteiger partial charge < -0.3 is 10.6 Å². The highest BCUT2D eigenvalue weighted by Crippen LogP contribution is 2.30. The molecule has 0 spiro atoms. The lowest BCUT2D eigenvalue weighted by molar-refractivity contribution is -0.117. The van der Waals surface area contributed by atoms with Crippen molar-refractivity contribution < 1.29 is 18.0 Å². The number of benzene rings is 2. The zero-order valence-corrected chi connectivity index (χ0v) is 16.7. The standard InChI is InChI=1S/C19H20ClN3O4S/c1-21-28(26,27)15-7-8-17(20)16(10-15)19(25)22-11-12-3-2-4-14(9-12)23-18(24)13-5-6-13/h2-4,7-10,13,21H,5-6,11H2,1H3,(H,22,25)(H,23,24). The quantitative estimate of drug-likeness (QED) is 0.638. The number of amides is 2. The number of halogens is 1. The first-order valence-corrected chi connectivity index (χ1v) is 10.6. The molecule has 9 heteroatoms. The van der Waals surface area contributed by atoms with E-state index in [-0.39, 0.29) is 33.9 Å². The second kappa shape index (κ2) is 8.30. The molecular weight excluding hydrogens is 402 g/mol. The average Bonchev–Trinajstić information content (AvgIpc) is 3.52. The molecule has 0 aliphatic heterocycles. The van der Waals surface area contributed by atoms with Gasteiger partial charge in [-0.2, -0.15) is 0 Å². The monoisotopic (exact) mass is 421 g/mol. The van der Waals surface area contributed by atoms with Crippen LogP contribution in [0.3, 0.4) is 0 Å². The number of hydrogen-bond donors (Lipinski definition) is 3. The molecule has 0 radical (unpaired) electrons.